The number of rotatable bonds is 59. The van der Waals surface area contributed by atoms with Crippen molar-refractivity contribution in [3.05, 3.63) is 36.5 Å². The monoisotopic (exact) mass is 998 g/mol. The predicted molar refractivity (Wildman–Crippen MR) is 310 cm³/mol. The van der Waals surface area contributed by atoms with Crippen molar-refractivity contribution in [2.75, 3.05) is 13.2 Å². The number of aliphatic hydroxyl groups excluding tert-OH is 2. The van der Waals surface area contributed by atoms with Crippen LogP contribution in [0.2, 0.25) is 0 Å². The third-order valence-corrected chi connectivity index (χ3v) is 14.6. The zero-order valence-corrected chi connectivity index (χ0v) is 47.7. The van der Waals surface area contributed by atoms with E-state index in [-0.39, 0.29) is 18.5 Å². The van der Waals surface area contributed by atoms with Crippen molar-refractivity contribution in [1.82, 2.24) is 5.32 Å². The van der Waals surface area contributed by atoms with Crippen molar-refractivity contribution >= 4 is 11.9 Å². The molecule has 0 rings (SSSR count). The van der Waals surface area contributed by atoms with E-state index in [2.05, 4.69) is 43.5 Å². The number of unbranched alkanes of at least 4 members (excludes halogenated alkanes) is 44. The van der Waals surface area contributed by atoms with Crippen LogP contribution >= 0.6 is 0 Å². The molecule has 3 N–H and O–H groups in total. The van der Waals surface area contributed by atoms with Crippen LogP contribution in [0.15, 0.2) is 36.5 Å². The van der Waals surface area contributed by atoms with Crippen LogP contribution in [-0.2, 0) is 14.3 Å². The Morgan fingerprint density at radius 1 is 0.380 bits per heavy atom. The summed E-state index contributed by atoms with van der Waals surface area (Å²) >= 11 is 0. The molecule has 6 nitrogen and oxygen atoms in total. The third kappa shape index (κ3) is 57.2. The van der Waals surface area contributed by atoms with Gasteiger partial charge in [0, 0.05) is 12.8 Å². The molecule has 0 spiro atoms. The lowest BCUT2D eigenvalue weighted by atomic mass is 10.0. The van der Waals surface area contributed by atoms with Crippen molar-refractivity contribution in [3.63, 3.8) is 0 Å². The Bertz CT molecular complexity index is 1150. The molecule has 0 radical (unpaired) electrons. The second-order valence-corrected chi connectivity index (χ2v) is 21.7. The molecule has 0 fully saturated rings. The predicted octanol–water partition coefficient (Wildman–Crippen LogP) is 20.0. The van der Waals surface area contributed by atoms with Crippen LogP contribution in [0.25, 0.3) is 0 Å². The summed E-state index contributed by atoms with van der Waals surface area (Å²) in [7, 11) is 0. The zero-order chi connectivity index (χ0) is 51.4. The fraction of sp³-hybridized carbons (Fsp3) is 0.877. The number of nitrogens with one attached hydrogen (secondary N) is 1. The van der Waals surface area contributed by atoms with Gasteiger partial charge in [0.25, 0.3) is 0 Å². The van der Waals surface area contributed by atoms with Gasteiger partial charge < -0.3 is 20.3 Å². The van der Waals surface area contributed by atoms with Crippen molar-refractivity contribution in [2.45, 2.75) is 353 Å². The first-order valence-electron chi connectivity index (χ1n) is 31.8. The lowest BCUT2D eigenvalue weighted by Crippen LogP contribution is -2.45. The zero-order valence-electron chi connectivity index (χ0n) is 47.7. The maximum atomic E-state index is 12.5. The molecular weight excluding hydrogens is 875 g/mol. The third-order valence-electron chi connectivity index (χ3n) is 14.6. The van der Waals surface area contributed by atoms with E-state index in [0.29, 0.717) is 19.4 Å². The summed E-state index contributed by atoms with van der Waals surface area (Å²) < 4.78 is 5.48. The van der Waals surface area contributed by atoms with E-state index in [4.69, 9.17) is 4.74 Å². The van der Waals surface area contributed by atoms with E-state index < -0.39 is 12.1 Å². The van der Waals surface area contributed by atoms with Crippen LogP contribution in [0, 0.1) is 0 Å². The number of ether oxygens (including phenoxy) is 1. The lowest BCUT2D eigenvalue weighted by Gasteiger charge is -2.20. The minimum absolute atomic E-state index is 0.00533. The number of allylic oxidation sites excluding steroid dienone is 5. The fourth-order valence-electron chi connectivity index (χ4n) is 9.74. The molecule has 0 heterocycles. The maximum Gasteiger partial charge on any atom is 0.305 e. The van der Waals surface area contributed by atoms with Crippen LogP contribution in [0.1, 0.15) is 341 Å². The standard InChI is InChI=1S/C65H123NO5/c1-3-5-7-9-11-13-15-17-33-37-41-45-49-53-57-63(68)62(61-67)66-64(69)58-54-50-46-42-38-34-31-29-27-25-23-21-19-20-22-24-26-28-30-32-36-40-44-48-52-56-60-71-65(70)59-55-51-47-43-39-35-18-16-14-12-10-8-6-4-2/h16,18-19,21,53,57,62-63,67-68H,3-15,17,20,22-52,54-56,58-61H2,1-2H3,(H,66,69)/b18-16-,21-19-,57-53+. The summed E-state index contributed by atoms with van der Waals surface area (Å²) in [5.74, 6) is -0.0637. The smallest absolute Gasteiger partial charge is 0.305 e. The highest BCUT2D eigenvalue weighted by Crippen LogP contribution is 2.17. The molecule has 0 aromatic heterocycles. The largest absolute Gasteiger partial charge is 0.466 e. The van der Waals surface area contributed by atoms with Crippen LogP contribution < -0.4 is 5.32 Å². The van der Waals surface area contributed by atoms with Gasteiger partial charge in [-0.1, -0.05) is 281 Å². The average molecular weight is 999 g/mol. The number of esters is 1. The quantitative estimate of drug-likeness (QED) is 0.0321. The first-order valence-corrected chi connectivity index (χ1v) is 31.8. The van der Waals surface area contributed by atoms with Crippen molar-refractivity contribution in [1.29, 1.82) is 0 Å². The highest BCUT2D eigenvalue weighted by atomic mass is 16.5. The Labute approximate surface area is 443 Å². The second kappa shape index (κ2) is 60.6. The summed E-state index contributed by atoms with van der Waals surface area (Å²) in [6, 6.07) is -0.629. The number of hydrogen-bond acceptors (Lipinski definition) is 5. The van der Waals surface area contributed by atoms with Gasteiger partial charge in [0.2, 0.25) is 5.91 Å². The average Bonchev–Trinajstić information content (AvgIpc) is 3.37. The normalized spacial score (nSPS) is 12.8. The molecule has 2 unspecified atom stereocenters. The van der Waals surface area contributed by atoms with Crippen LogP contribution in [-0.4, -0.2) is 47.4 Å². The maximum absolute atomic E-state index is 12.5. The fourth-order valence-corrected chi connectivity index (χ4v) is 9.74. The van der Waals surface area contributed by atoms with Gasteiger partial charge in [-0.2, -0.15) is 0 Å². The number of amides is 1. The number of hydrogen-bond donors (Lipinski definition) is 3. The van der Waals surface area contributed by atoms with Crippen LogP contribution in [0.4, 0.5) is 0 Å². The van der Waals surface area contributed by atoms with Gasteiger partial charge >= 0.3 is 5.97 Å². The molecule has 0 bridgehead atoms. The molecule has 6 heteroatoms. The first-order chi connectivity index (χ1) is 35.0. The summed E-state index contributed by atoms with van der Waals surface area (Å²) in [6.45, 7) is 4.90. The number of carbonyl (C=O) groups excluding carboxylic acids is 2. The topological polar surface area (TPSA) is 95.9 Å². The molecule has 0 aliphatic rings. The highest BCUT2D eigenvalue weighted by molar-refractivity contribution is 5.76. The molecule has 1 amide bonds. The molecule has 0 aliphatic heterocycles. The Kier molecular flexibility index (Phi) is 59.0. The molecule has 0 aromatic carbocycles. The van der Waals surface area contributed by atoms with Gasteiger partial charge in [-0.05, 0) is 83.5 Å². The van der Waals surface area contributed by atoms with E-state index in [9.17, 15) is 19.8 Å². The highest BCUT2D eigenvalue weighted by Gasteiger charge is 2.18. The van der Waals surface area contributed by atoms with Gasteiger partial charge in [0.1, 0.15) is 0 Å². The van der Waals surface area contributed by atoms with Crippen molar-refractivity contribution in [3.8, 4) is 0 Å². The van der Waals surface area contributed by atoms with E-state index in [0.717, 1.165) is 44.9 Å². The first kappa shape index (κ1) is 69.1. The van der Waals surface area contributed by atoms with E-state index in [1.807, 2.05) is 6.08 Å². The van der Waals surface area contributed by atoms with Gasteiger partial charge in [-0.25, -0.2) is 0 Å². The molecule has 418 valence electrons. The van der Waals surface area contributed by atoms with Crippen molar-refractivity contribution in [2.24, 2.45) is 0 Å². The summed E-state index contributed by atoms with van der Waals surface area (Å²) in [6.07, 6.45) is 76.2. The molecule has 0 saturated carbocycles. The summed E-state index contributed by atoms with van der Waals surface area (Å²) in [5.41, 5.74) is 0. The Morgan fingerprint density at radius 3 is 1.00 bits per heavy atom. The molecule has 0 aliphatic carbocycles. The van der Waals surface area contributed by atoms with E-state index in [1.54, 1.807) is 6.08 Å². The Balaban J connectivity index is 3.41. The second-order valence-electron chi connectivity index (χ2n) is 21.7. The van der Waals surface area contributed by atoms with Crippen molar-refractivity contribution < 1.29 is 24.5 Å². The van der Waals surface area contributed by atoms with Gasteiger partial charge in [-0.15, -0.1) is 0 Å². The molecule has 0 saturated heterocycles. The molecule has 2 atom stereocenters. The molecular formula is C65H123NO5. The molecule has 0 aromatic rings. The lowest BCUT2D eigenvalue weighted by molar-refractivity contribution is -0.143. The van der Waals surface area contributed by atoms with Crippen LogP contribution in [0.5, 0.6) is 0 Å². The van der Waals surface area contributed by atoms with Gasteiger partial charge in [0.05, 0.1) is 25.4 Å². The van der Waals surface area contributed by atoms with E-state index in [1.165, 1.54) is 270 Å². The molecule has 71 heavy (non-hydrogen) atoms. The minimum Gasteiger partial charge on any atom is -0.466 e. The van der Waals surface area contributed by atoms with Crippen LogP contribution in [0.3, 0.4) is 0 Å². The Morgan fingerprint density at radius 2 is 0.662 bits per heavy atom. The van der Waals surface area contributed by atoms with Gasteiger partial charge in [-0.3, -0.25) is 9.59 Å². The number of carbonyl (C=O) groups is 2. The SMILES string of the molecule is CCCCCCC/C=C\CCCCCCCC(=O)OCCCCCCCCCCCCCC/C=C\CCCCCCCCCCCCC(=O)NC(CO)C(O)/C=C/CCCCCCCCCCCCCC. The van der Waals surface area contributed by atoms with Gasteiger partial charge in [0.15, 0.2) is 0 Å². The number of aliphatic hydroxyl groups is 2. The summed E-state index contributed by atoms with van der Waals surface area (Å²) in [5, 5.41) is 23.1. The Hall–Kier alpha value is -1.92. The minimum atomic E-state index is -0.845. The van der Waals surface area contributed by atoms with E-state index >= 15 is 0 Å². The summed E-state index contributed by atoms with van der Waals surface area (Å²) in [4.78, 5) is 24.5.